The van der Waals surface area contributed by atoms with Crippen LogP contribution in [-0.2, 0) is 10.0 Å². The second kappa shape index (κ2) is 6.93. The van der Waals surface area contributed by atoms with E-state index in [1.807, 2.05) is 0 Å². The van der Waals surface area contributed by atoms with Crippen molar-refractivity contribution in [1.29, 1.82) is 0 Å². The standard InChI is InChI=1S/C17H25N3O4S/c1-24-15-6-5-13(25(19,22)23)9-14(15)17(21)20-16-10-3-2-4-11(16)8-12(18)7-10/h5-6,9-12,16H,2-4,7-8,18H2,1H3,(H,20,21)(H2,19,22,23). The highest BCUT2D eigenvalue weighted by molar-refractivity contribution is 7.89. The number of amides is 1. The Hall–Kier alpha value is -1.64. The molecule has 0 saturated heterocycles. The van der Waals surface area contributed by atoms with E-state index in [2.05, 4.69) is 5.32 Å². The summed E-state index contributed by atoms with van der Waals surface area (Å²) in [5.41, 5.74) is 6.31. The molecule has 1 amide bonds. The van der Waals surface area contributed by atoms with Crippen molar-refractivity contribution in [3.05, 3.63) is 23.8 Å². The average Bonchev–Trinajstić information content (AvgIpc) is 2.54. The SMILES string of the molecule is COc1ccc(S(N)(=O)=O)cc1C(=O)NC1C2CCCC1CC(N)C2. The number of carbonyl (C=O) groups is 1. The summed E-state index contributed by atoms with van der Waals surface area (Å²) in [5, 5.41) is 8.28. The average molecular weight is 367 g/mol. The van der Waals surface area contributed by atoms with E-state index < -0.39 is 10.0 Å². The highest BCUT2D eigenvalue weighted by Gasteiger charge is 2.40. The molecule has 0 aliphatic heterocycles. The van der Waals surface area contributed by atoms with E-state index in [0.29, 0.717) is 17.6 Å². The maximum atomic E-state index is 12.8. The summed E-state index contributed by atoms with van der Waals surface area (Å²) in [5.74, 6) is 0.736. The Morgan fingerprint density at radius 1 is 1.24 bits per heavy atom. The highest BCUT2D eigenvalue weighted by Crippen LogP contribution is 2.40. The molecule has 5 N–H and O–H groups in total. The third-order valence-corrected chi connectivity index (χ3v) is 6.33. The molecule has 1 aromatic carbocycles. The molecule has 3 rings (SSSR count). The van der Waals surface area contributed by atoms with Gasteiger partial charge in [-0.25, -0.2) is 13.6 Å². The Labute approximate surface area is 148 Å². The molecule has 0 heterocycles. The molecule has 2 saturated carbocycles. The molecule has 0 aromatic heterocycles. The van der Waals surface area contributed by atoms with E-state index in [0.717, 1.165) is 25.7 Å². The molecule has 2 fully saturated rings. The molecule has 25 heavy (non-hydrogen) atoms. The molecule has 2 aliphatic rings. The van der Waals surface area contributed by atoms with Crippen LogP contribution in [0.2, 0.25) is 0 Å². The minimum absolute atomic E-state index is 0.0731. The number of hydrogen-bond acceptors (Lipinski definition) is 5. The summed E-state index contributed by atoms with van der Waals surface area (Å²) in [7, 11) is -2.45. The zero-order valence-corrected chi connectivity index (χ0v) is 15.1. The first-order valence-electron chi connectivity index (χ1n) is 8.57. The summed E-state index contributed by atoms with van der Waals surface area (Å²) in [6.07, 6.45) is 5.11. The number of hydrogen-bond donors (Lipinski definition) is 3. The van der Waals surface area contributed by atoms with E-state index >= 15 is 0 Å². The Bertz CT molecular complexity index is 751. The molecule has 7 nitrogen and oxygen atoms in total. The monoisotopic (exact) mass is 367 g/mol. The first-order valence-corrected chi connectivity index (χ1v) is 10.1. The predicted molar refractivity (Wildman–Crippen MR) is 93.7 cm³/mol. The fourth-order valence-electron chi connectivity index (χ4n) is 4.30. The van der Waals surface area contributed by atoms with Gasteiger partial charge in [0.2, 0.25) is 10.0 Å². The number of fused-ring (bicyclic) bond motifs is 2. The first kappa shape index (κ1) is 18.2. The topological polar surface area (TPSA) is 125 Å². The molecule has 2 aliphatic carbocycles. The smallest absolute Gasteiger partial charge is 0.255 e. The number of benzene rings is 1. The van der Waals surface area contributed by atoms with Gasteiger partial charge in [-0.1, -0.05) is 6.42 Å². The van der Waals surface area contributed by atoms with Crippen LogP contribution in [0.5, 0.6) is 5.75 Å². The van der Waals surface area contributed by atoms with Crippen molar-refractivity contribution in [2.24, 2.45) is 22.7 Å². The lowest BCUT2D eigenvalue weighted by Crippen LogP contribution is -2.53. The fourth-order valence-corrected chi connectivity index (χ4v) is 4.84. The Morgan fingerprint density at radius 3 is 2.44 bits per heavy atom. The molecule has 0 radical (unpaired) electrons. The quantitative estimate of drug-likeness (QED) is 0.731. The van der Waals surface area contributed by atoms with Gasteiger partial charge in [0.05, 0.1) is 17.6 Å². The number of sulfonamides is 1. The van der Waals surface area contributed by atoms with Gasteiger partial charge in [0.25, 0.3) is 5.91 Å². The van der Waals surface area contributed by atoms with E-state index in [1.165, 1.54) is 31.7 Å². The third kappa shape index (κ3) is 3.80. The van der Waals surface area contributed by atoms with Gasteiger partial charge in [0.15, 0.2) is 0 Å². The summed E-state index contributed by atoms with van der Waals surface area (Å²) in [6.45, 7) is 0. The number of primary sulfonamides is 1. The summed E-state index contributed by atoms with van der Waals surface area (Å²) >= 11 is 0. The zero-order valence-electron chi connectivity index (χ0n) is 14.3. The van der Waals surface area contributed by atoms with Crippen LogP contribution in [0.4, 0.5) is 0 Å². The predicted octanol–water partition coefficient (Wildman–Crippen LogP) is 0.978. The largest absolute Gasteiger partial charge is 0.496 e. The van der Waals surface area contributed by atoms with E-state index in [1.54, 1.807) is 0 Å². The summed E-state index contributed by atoms with van der Waals surface area (Å²) in [6, 6.07) is 4.33. The lowest BCUT2D eigenvalue weighted by atomic mass is 9.67. The van der Waals surface area contributed by atoms with E-state index in [4.69, 9.17) is 15.6 Å². The van der Waals surface area contributed by atoms with Crippen LogP contribution in [0.25, 0.3) is 0 Å². The number of nitrogens with two attached hydrogens (primary N) is 2. The fraction of sp³-hybridized carbons (Fsp3) is 0.588. The Morgan fingerprint density at radius 2 is 1.88 bits per heavy atom. The van der Waals surface area contributed by atoms with E-state index in [9.17, 15) is 13.2 Å². The second-order valence-electron chi connectivity index (χ2n) is 7.09. The molecule has 0 spiro atoms. The van der Waals surface area contributed by atoms with Crippen molar-refractivity contribution in [2.75, 3.05) is 7.11 Å². The normalized spacial score (nSPS) is 29.1. The Kier molecular flexibility index (Phi) is 5.04. The maximum Gasteiger partial charge on any atom is 0.255 e. The first-order chi connectivity index (χ1) is 11.8. The lowest BCUT2D eigenvalue weighted by molar-refractivity contribution is 0.0753. The van der Waals surface area contributed by atoms with Gasteiger partial charge >= 0.3 is 0 Å². The van der Waals surface area contributed by atoms with Crippen LogP contribution < -0.4 is 20.9 Å². The van der Waals surface area contributed by atoms with E-state index in [-0.39, 0.29) is 28.4 Å². The molecule has 1 aromatic rings. The van der Waals surface area contributed by atoms with Gasteiger partial charge in [-0.15, -0.1) is 0 Å². The second-order valence-corrected chi connectivity index (χ2v) is 8.65. The van der Waals surface area contributed by atoms with Gasteiger partial charge < -0.3 is 15.8 Å². The van der Waals surface area contributed by atoms with Crippen LogP contribution in [0, 0.1) is 11.8 Å². The lowest BCUT2D eigenvalue weighted by Gasteiger charge is -2.45. The molecule has 2 bridgehead atoms. The van der Waals surface area contributed by atoms with Crippen LogP contribution in [0.15, 0.2) is 23.1 Å². The number of carbonyl (C=O) groups excluding carboxylic acids is 1. The van der Waals surface area contributed by atoms with Gasteiger partial charge in [-0.05, 0) is 55.7 Å². The van der Waals surface area contributed by atoms with Crippen molar-refractivity contribution in [3.63, 3.8) is 0 Å². The van der Waals surface area contributed by atoms with Crippen LogP contribution in [-0.4, -0.2) is 33.5 Å². The molecule has 138 valence electrons. The number of ether oxygens (including phenoxy) is 1. The minimum atomic E-state index is -3.89. The molecule has 2 atom stereocenters. The number of methoxy groups -OCH3 is 1. The van der Waals surface area contributed by atoms with Gasteiger partial charge in [-0.3, -0.25) is 4.79 Å². The molecular weight excluding hydrogens is 342 g/mol. The molecule has 8 heteroatoms. The number of rotatable bonds is 4. The molecular formula is C17H25N3O4S. The van der Waals surface area contributed by atoms with Crippen LogP contribution in [0.3, 0.4) is 0 Å². The van der Waals surface area contributed by atoms with Crippen molar-refractivity contribution in [2.45, 2.75) is 49.1 Å². The van der Waals surface area contributed by atoms with Crippen molar-refractivity contribution >= 4 is 15.9 Å². The van der Waals surface area contributed by atoms with Gasteiger partial charge in [0.1, 0.15) is 5.75 Å². The van der Waals surface area contributed by atoms with Crippen LogP contribution in [0.1, 0.15) is 42.5 Å². The van der Waals surface area contributed by atoms with Crippen molar-refractivity contribution in [1.82, 2.24) is 5.32 Å². The highest BCUT2D eigenvalue weighted by atomic mass is 32.2. The van der Waals surface area contributed by atoms with Gasteiger partial charge in [-0.2, -0.15) is 0 Å². The minimum Gasteiger partial charge on any atom is -0.496 e. The van der Waals surface area contributed by atoms with Crippen molar-refractivity contribution in [3.8, 4) is 5.75 Å². The zero-order chi connectivity index (χ0) is 18.2. The van der Waals surface area contributed by atoms with Crippen LogP contribution >= 0.6 is 0 Å². The third-order valence-electron chi connectivity index (χ3n) is 5.42. The maximum absolute atomic E-state index is 12.8. The van der Waals surface area contributed by atoms with Gasteiger partial charge in [0, 0.05) is 12.1 Å². The summed E-state index contributed by atoms with van der Waals surface area (Å²) in [4.78, 5) is 12.7. The number of nitrogens with one attached hydrogen (secondary N) is 1. The summed E-state index contributed by atoms with van der Waals surface area (Å²) < 4.78 is 28.4. The molecule has 2 unspecified atom stereocenters. The van der Waals surface area contributed by atoms with Crippen molar-refractivity contribution < 1.29 is 17.9 Å². The Balaban J connectivity index is 1.86.